The van der Waals surface area contributed by atoms with Crippen LogP contribution in [0.4, 0.5) is 11.4 Å². The van der Waals surface area contributed by atoms with Crippen molar-refractivity contribution in [3.05, 3.63) is 41.0 Å². The van der Waals surface area contributed by atoms with E-state index in [0.29, 0.717) is 52.3 Å². The molecule has 0 bridgehead atoms. The van der Waals surface area contributed by atoms with Gasteiger partial charge in [0.05, 0.1) is 43.2 Å². The van der Waals surface area contributed by atoms with Gasteiger partial charge >= 0.3 is 0 Å². The van der Waals surface area contributed by atoms with Crippen LogP contribution in [0.1, 0.15) is 23.3 Å². The molecule has 32 heavy (non-hydrogen) atoms. The first kappa shape index (κ1) is 21.8. The predicted octanol–water partition coefficient (Wildman–Crippen LogP) is 4.24. The van der Waals surface area contributed by atoms with Gasteiger partial charge in [-0.1, -0.05) is 11.6 Å². The second kappa shape index (κ2) is 8.63. The monoisotopic (exact) mass is 457 g/mol. The Hall–Kier alpha value is -3.39. The van der Waals surface area contributed by atoms with E-state index in [9.17, 15) is 9.59 Å². The number of hydrogen-bond acceptors (Lipinski definition) is 5. The second-order valence-corrected chi connectivity index (χ2v) is 7.84. The lowest BCUT2D eigenvalue weighted by molar-refractivity contribution is -0.117. The summed E-state index contributed by atoms with van der Waals surface area (Å²) in [5, 5.41) is 3.99. The number of rotatable bonds is 6. The van der Waals surface area contributed by atoms with Gasteiger partial charge in [-0.2, -0.15) is 0 Å². The lowest BCUT2D eigenvalue weighted by Gasteiger charge is -2.18. The van der Waals surface area contributed by atoms with E-state index in [2.05, 4.69) is 5.32 Å². The zero-order valence-corrected chi connectivity index (χ0v) is 19.1. The predicted molar refractivity (Wildman–Crippen MR) is 124 cm³/mol. The summed E-state index contributed by atoms with van der Waals surface area (Å²) < 4.78 is 17.8. The van der Waals surface area contributed by atoms with Gasteiger partial charge in [-0.25, -0.2) is 0 Å². The fourth-order valence-electron chi connectivity index (χ4n) is 4.09. The smallest absolute Gasteiger partial charge is 0.274 e. The Labute approximate surface area is 190 Å². The summed E-state index contributed by atoms with van der Waals surface area (Å²) in [4.78, 5) is 27.9. The molecular formula is C23H24ClN3O5. The SMILES string of the molecule is COc1ccc2c(c1)c(N1CCCC1=O)c(C(=O)Nc1cc(Cl)c(OC)cc1OC)n2C. The molecule has 4 rings (SSSR count). The average Bonchev–Trinajstić information content (AvgIpc) is 3.33. The van der Waals surface area contributed by atoms with Crippen molar-refractivity contribution < 1.29 is 23.8 Å². The van der Waals surface area contributed by atoms with Crippen LogP contribution in [0.3, 0.4) is 0 Å². The van der Waals surface area contributed by atoms with Gasteiger partial charge in [-0.05, 0) is 30.7 Å². The summed E-state index contributed by atoms with van der Waals surface area (Å²) >= 11 is 6.27. The van der Waals surface area contributed by atoms with Crippen LogP contribution in [0.5, 0.6) is 17.2 Å². The number of methoxy groups -OCH3 is 3. The Morgan fingerprint density at radius 3 is 2.44 bits per heavy atom. The average molecular weight is 458 g/mol. The zero-order chi connectivity index (χ0) is 23.0. The second-order valence-electron chi connectivity index (χ2n) is 7.43. The Kier molecular flexibility index (Phi) is 5.88. The zero-order valence-electron chi connectivity index (χ0n) is 18.3. The number of anilines is 2. The molecule has 2 amide bonds. The summed E-state index contributed by atoms with van der Waals surface area (Å²) in [6.45, 7) is 0.549. The van der Waals surface area contributed by atoms with Crippen molar-refractivity contribution in [1.29, 1.82) is 0 Å². The van der Waals surface area contributed by atoms with Gasteiger partial charge in [0.2, 0.25) is 5.91 Å². The van der Waals surface area contributed by atoms with Crippen molar-refractivity contribution in [2.24, 2.45) is 7.05 Å². The van der Waals surface area contributed by atoms with Crippen molar-refractivity contribution in [3.63, 3.8) is 0 Å². The van der Waals surface area contributed by atoms with Gasteiger partial charge in [0.15, 0.2) is 0 Å². The van der Waals surface area contributed by atoms with E-state index in [4.69, 9.17) is 25.8 Å². The summed E-state index contributed by atoms with van der Waals surface area (Å²) in [7, 11) is 6.38. The number of amides is 2. The summed E-state index contributed by atoms with van der Waals surface area (Å²) in [6, 6.07) is 8.72. The molecule has 1 saturated heterocycles. The summed E-state index contributed by atoms with van der Waals surface area (Å²) in [6.07, 6.45) is 1.19. The number of carbonyl (C=O) groups is 2. The van der Waals surface area contributed by atoms with E-state index in [1.54, 1.807) is 35.8 Å². The third-order valence-corrected chi connectivity index (χ3v) is 5.96. The molecule has 1 N–H and O–H groups in total. The number of nitrogens with zero attached hydrogens (tertiary/aromatic N) is 2. The van der Waals surface area contributed by atoms with Crippen molar-refractivity contribution in [2.45, 2.75) is 12.8 Å². The molecule has 1 fully saturated rings. The highest BCUT2D eigenvalue weighted by atomic mass is 35.5. The maximum Gasteiger partial charge on any atom is 0.274 e. The number of aryl methyl sites for hydroxylation is 1. The molecule has 1 aromatic heterocycles. The first-order valence-corrected chi connectivity index (χ1v) is 10.5. The first-order chi connectivity index (χ1) is 15.4. The highest BCUT2D eigenvalue weighted by Crippen LogP contribution is 2.40. The molecule has 0 aliphatic carbocycles. The molecule has 8 nitrogen and oxygen atoms in total. The van der Waals surface area contributed by atoms with Gasteiger partial charge in [0.1, 0.15) is 22.9 Å². The van der Waals surface area contributed by atoms with Gasteiger partial charge in [-0.15, -0.1) is 0 Å². The molecule has 0 spiro atoms. The van der Waals surface area contributed by atoms with E-state index < -0.39 is 5.91 Å². The molecule has 2 aromatic carbocycles. The number of halogens is 1. The number of aromatic nitrogens is 1. The Bertz CT molecular complexity index is 1220. The number of carbonyl (C=O) groups excluding carboxylic acids is 2. The normalized spacial score (nSPS) is 13.5. The van der Waals surface area contributed by atoms with Crippen LogP contribution in [-0.2, 0) is 11.8 Å². The molecule has 0 unspecified atom stereocenters. The maximum absolute atomic E-state index is 13.5. The first-order valence-electron chi connectivity index (χ1n) is 10.1. The topological polar surface area (TPSA) is 82.0 Å². The maximum atomic E-state index is 13.5. The number of nitrogens with one attached hydrogen (secondary N) is 1. The molecule has 2 heterocycles. The lowest BCUT2D eigenvalue weighted by Crippen LogP contribution is -2.27. The van der Waals surface area contributed by atoms with Crippen LogP contribution in [-0.4, -0.2) is 44.3 Å². The van der Waals surface area contributed by atoms with Crippen LogP contribution >= 0.6 is 11.6 Å². The number of benzene rings is 2. The number of ether oxygens (including phenoxy) is 3. The van der Waals surface area contributed by atoms with Gasteiger partial charge < -0.3 is 29.0 Å². The minimum absolute atomic E-state index is 0.0144. The molecule has 9 heteroatoms. The largest absolute Gasteiger partial charge is 0.497 e. The van der Waals surface area contributed by atoms with E-state index >= 15 is 0 Å². The summed E-state index contributed by atoms with van der Waals surface area (Å²) in [5.74, 6) is 1.07. The fraction of sp³-hybridized carbons (Fsp3) is 0.304. The summed E-state index contributed by atoms with van der Waals surface area (Å²) in [5.41, 5.74) is 2.13. The Morgan fingerprint density at radius 1 is 1.06 bits per heavy atom. The highest BCUT2D eigenvalue weighted by molar-refractivity contribution is 6.32. The Balaban J connectivity index is 1.85. The van der Waals surface area contributed by atoms with Crippen LogP contribution in [0, 0.1) is 0 Å². The van der Waals surface area contributed by atoms with Crippen molar-refractivity contribution in [1.82, 2.24) is 4.57 Å². The molecule has 3 aromatic rings. The minimum Gasteiger partial charge on any atom is -0.497 e. The van der Waals surface area contributed by atoms with Crippen LogP contribution < -0.4 is 24.4 Å². The number of hydrogen-bond donors (Lipinski definition) is 1. The highest BCUT2D eigenvalue weighted by Gasteiger charge is 2.32. The third kappa shape index (κ3) is 3.60. The van der Waals surface area contributed by atoms with Gasteiger partial charge in [0.25, 0.3) is 5.91 Å². The molecular weight excluding hydrogens is 434 g/mol. The molecule has 168 valence electrons. The fourth-order valence-corrected chi connectivity index (χ4v) is 4.33. The number of fused-ring (bicyclic) bond motifs is 1. The molecule has 1 aliphatic rings. The van der Waals surface area contributed by atoms with E-state index in [-0.39, 0.29) is 5.91 Å². The van der Waals surface area contributed by atoms with Gasteiger partial charge in [-0.3, -0.25) is 9.59 Å². The van der Waals surface area contributed by atoms with Crippen LogP contribution in [0.2, 0.25) is 5.02 Å². The van der Waals surface area contributed by atoms with E-state index in [1.807, 2.05) is 18.2 Å². The third-order valence-electron chi connectivity index (χ3n) is 5.66. The van der Waals surface area contributed by atoms with Crippen LogP contribution in [0.25, 0.3) is 10.9 Å². The Morgan fingerprint density at radius 2 is 1.81 bits per heavy atom. The molecule has 0 radical (unpaired) electrons. The lowest BCUT2D eigenvalue weighted by atomic mass is 10.2. The molecule has 0 atom stereocenters. The quantitative estimate of drug-likeness (QED) is 0.598. The van der Waals surface area contributed by atoms with Crippen molar-refractivity contribution >= 4 is 45.7 Å². The molecule has 0 saturated carbocycles. The van der Waals surface area contributed by atoms with E-state index in [0.717, 1.165) is 17.3 Å². The standard InChI is InChI=1S/C23H24ClN3O5/c1-26-17-8-7-13(30-2)10-14(17)21(27-9-5-6-20(27)28)22(26)23(29)25-16-11-15(24)18(31-3)12-19(16)32-4/h7-8,10-12H,5-6,9H2,1-4H3,(H,25,29). The minimum atomic E-state index is -0.392. The van der Waals surface area contributed by atoms with Gasteiger partial charge in [0, 0.05) is 31.5 Å². The molecule has 1 aliphatic heterocycles. The van der Waals surface area contributed by atoms with E-state index in [1.165, 1.54) is 14.2 Å². The van der Waals surface area contributed by atoms with Crippen molar-refractivity contribution in [2.75, 3.05) is 38.1 Å². The van der Waals surface area contributed by atoms with Crippen molar-refractivity contribution in [3.8, 4) is 17.2 Å². The van der Waals surface area contributed by atoms with Crippen LogP contribution in [0.15, 0.2) is 30.3 Å².